The van der Waals surface area contributed by atoms with Crippen molar-refractivity contribution in [2.45, 2.75) is 58.0 Å². The van der Waals surface area contributed by atoms with Gasteiger partial charge in [0.25, 0.3) is 0 Å². The number of nitrogens with zero attached hydrogens (tertiary/aromatic N) is 2. The second kappa shape index (κ2) is 5.89. The molecule has 0 amide bonds. The van der Waals surface area contributed by atoms with Crippen molar-refractivity contribution in [2.24, 2.45) is 11.7 Å². The molecule has 3 nitrogen and oxygen atoms in total. The number of nitrogens with two attached hydrogens (primary N) is 1. The lowest BCUT2D eigenvalue weighted by atomic mass is 9.95. The largest absolute Gasteiger partial charge is 0.329 e. The summed E-state index contributed by atoms with van der Waals surface area (Å²) < 4.78 is 0. The Kier molecular flexibility index (Phi) is 4.68. The van der Waals surface area contributed by atoms with Gasteiger partial charge in [-0.3, -0.25) is 9.80 Å². The molecule has 2 rings (SSSR count). The maximum Gasteiger partial charge on any atom is 0.0470 e. The van der Waals surface area contributed by atoms with Crippen LogP contribution in [-0.2, 0) is 0 Å². The Morgan fingerprint density at radius 3 is 2.56 bits per heavy atom. The Bertz CT molecular complexity index is 262. The predicted molar refractivity (Wildman–Crippen MR) is 77.7 cm³/mol. The van der Waals surface area contributed by atoms with Crippen LogP contribution in [0.25, 0.3) is 0 Å². The fourth-order valence-corrected chi connectivity index (χ4v) is 3.29. The molecule has 1 atom stereocenters. The van der Waals surface area contributed by atoms with Gasteiger partial charge in [0, 0.05) is 37.8 Å². The van der Waals surface area contributed by atoms with Crippen LogP contribution in [0.5, 0.6) is 0 Å². The van der Waals surface area contributed by atoms with Crippen molar-refractivity contribution < 1.29 is 0 Å². The van der Waals surface area contributed by atoms with Crippen LogP contribution in [0.2, 0.25) is 0 Å². The highest BCUT2D eigenvalue weighted by Gasteiger charge is 2.43. The van der Waals surface area contributed by atoms with Gasteiger partial charge in [0.1, 0.15) is 0 Å². The minimum atomic E-state index is 0.267. The summed E-state index contributed by atoms with van der Waals surface area (Å²) in [5, 5.41) is 0. The zero-order chi connectivity index (χ0) is 13.2. The average molecular weight is 253 g/mol. The molecule has 2 fully saturated rings. The molecule has 0 radical (unpaired) electrons. The van der Waals surface area contributed by atoms with E-state index in [4.69, 9.17) is 5.73 Å². The van der Waals surface area contributed by atoms with E-state index >= 15 is 0 Å². The molecule has 1 unspecified atom stereocenters. The van der Waals surface area contributed by atoms with Crippen molar-refractivity contribution in [3.05, 3.63) is 0 Å². The van der Waals surface area contributed by atoms with Gasteiger partial charge < -0.3 is 5.73 Å². The number of hydrogen-bond donors (Lipinski definition) is 1. The van der Waals surface area contributed by atoms with Gasteiger partial charge in [-0.2, -0.15) is 0 Å². The first-order valence-corrected chi connectivity index (χ1v) is 7.80. The highest BCUT2D eigenvalue weighted by Crippen LogP contribution is 2.35. The van der Waals surface area contributed by atoms with Crippen molar-refractivity contribution in [2.75, 3.05) is 32.7 Å². The summed E-state index contributed by atoms with van der Waals surface area (Å²) >= 11 is 0. The Labute approximate surface area is 113 Å². The van der Waals surface area contributed by atoms with Gasteiger partial charge in [-0.1, -0.05) is 6.92 Å². The zero-order valence-electron chi connectivity index (χ0n) is 12.5. The van der Waals surface area contributed by atoms with E-state index in [-0.39, 0.29) is 5.54 Å². The molecule has 0 aromatic rings. The smallest absolute Gasteiger partial charge is 0.0470 e. The molecular formula is C15H31N3. The van der Waals surface area contributed by atoms with E-state index in [9.17, 15) is 0 Å². The van der Waals surface area contributed by atoms with Gasteiger partial charge in [0.05, 0.1) is 0 Å². The molecule has 1 heterocycles. The van der Waals surface area contributed by atoms with Crippen LogP contribution in [-0.4, -0.2) is 54.1 Å². The van der Waals surface area contributed by atoms with Crippen molar-refractivity contribution >= 4 is 0 Å². The van der Waals surface area contributed by atoms with Crippen molar-refractivity contribution in [1.29, 1.82) is 0 Å². The Morgan fingerprint density at radius 2 is 2.11 bits per heavy atom. The van der Waals surface area contributed by atoms with Crippen LogP contribution in [0.1, 0.15) is 46.5 Å². The molecule has 3 heteroatoms. The van der Waals surface area contributed by atoms with Gasteiger partial charge in [0.15, 0.2) is 0 Å². The molecule has 0 spiro atoms. The monoisotopic (exact) mass is 253 g/mol. The summed E-state index contributed by atoms with van der Waals surface area (Å²) in [7, 11) is 0. The molecule has 2 N–H and O–H groups in total. The third-order valence-electron chi connectivity index (χ3n) is 4.81. The van der Waals surface area contributed by atoms with Crippen LogP contribution in [0.15, 0.2) is 0 Å². The number of hydrogen-bond acceptors (Lipinski definition) is 3. The molecule has 1 saturated heterocycles. The van der Waals surface area contributed by atoms with Crippen LogP contribution in [0, 0.1) is 5.92 Å². The minimum absolute atomic E-state index is 0.267. The lowest BCUT2D eigenvalue weighted by molar-refractivity contribution is 0.0885. The molecule has 2 aliphatic rings. The van der Waals surface area contributed by atoms with Crippen molar-refractivity contribution in [1.82, 2.24) is 9.80 Å². The second-order valence-electron chi connectivity index (χ2n) is 6.63. The van der Waals surface area contributed by atoms with E-state index in [1.807, 2.05) is 0 Å². The fourth-order valence-electron chi connectivity index (χ4n) is 3.29. The van der Waals surface area contributed by atoms with Gasteiger partial charge in [-0.25, -0.2) is 0 Å². The zero-order valence-corrected chi connectivity index (χ0v) is 12.5. The molecule has 106 valence electrons. The van der Waals surface area contributed by atoms with Crippen LogP contribution in [0.4, 0.5) is 0 Å². The molecule has 0 aromatic carbocycles. The number of rotatable bonds is 7. The Hall–Kier alpha value is -0.120. The Balaban J connectivity index is 2.03. The van der Waals surface area contributed by atoms with E-state index in [2.05, 4.69) is 30.6 Å². The lowest BCUT2D eigenvalue weighted by Gasteiger charge is -2.41. The van der Waals surface area contributed by atoms with Gasteiger partial charge in [-0.15, -0.1) is 0 Å². The van der Waals surface area contributed by atoms with Crippen molar-refractivity contribution in [3.8, 4) is 0 Å². The highest BCUT2D eigenvalue weighted by molar-refractivity contribution is 5.01. The van der Waals surface area contributed by atoms with Crippen molar-refractivity contribution in [3.63, 3.8) is 0 Å². The van der Waals surface area contributed by atoms with E-state index in [1.165, 1.54) is 51.9 Å². The van der Waals surface area contributed by atoms with Crippen LogP contribution >= 0.6 is 0 Å². The predicted octanol–water partition coefficient (Wildman–Crippen LogP) is 1.92. The fraction of sp³-hybridized carbons (Fsp3) is 1.00. The van der Waals surface area contributed by atoms with E-state index in [0.29, 0.717) is 6.04 Å². The molecule has 0 bridgehead atoms. The third-order valence-corrected chi connectivity index (χ3v) is 4.81. The van der Waals surface area contributed by atoms with Gasteiger partial charge in [0.2, 0.25) is 0 Å². The van der Waals surface area contributed by atoms with Crippen LogP contribution < -0.4 is 5.73 Å². The Morgan fingerprint density at radius 1 is 1.39 bits per heavy atom. The number of likely N-dealkylation sites (tertiary alicyclic amines) is 1. The van der Waals surface area contributed by atoms with Gasteiger partial charge >= 0.3 is 0 Å². The molecule has 1 aliphatic carbocycles. The lowest BCUT2D eigenvalue weighted by Crippen LogP contribution is -2.56. The van der Waals surface area contributed by atoms with E-state index in [1.54, 1.807) is 0 Å². The minimum Gasteiger partial charge on any atom is -0.329 e. The molecule has 1 saturated carbocycles. The molecular weight excluding hydrogens is 222 g/mol. The third kappa shape index (κ3) is 3.06. The molecule has 18 heavy (non-hydrogen) atoms. The summed E-state index contributed by atoms with van der Waals surface area (Å²) in [6.07, 6.45) is 5.38. The summed E-state index contributed by atoms with van der Waals surface area (Å²) in [4.78, 5) is 5.33. The molecule has 1 aliphatic heterocycles. The topological polar surface area (TPSA) is 32.5 Å². The standard InChI is InChI=1S/C15H31N3/c1-4-8-18(10-14-5-6-14)15(11-16)7-9-17(12-15)13(2)3/h13-14H,4-12,16H2,1-3H3. The summed E-state index contributed by atoms with van der Waals surface area (Å²) in [5.74, 6) is 0.966. The average Bonchev–Trinajstić information content (AvgIpc) is 3.05. The van der Waals surface area contributed by atoms with Gasteiger partial charge in [-0.05, 0) is 52.0 Å². The summed E-state index contributed by atoms with van der Waals surface area (Å²) in [6, 6.07) is 0.655. The summed E-state index contributed by atoms with van der Waals surface area (Å²) in [5.41, 5.74) is 6.46. The van der Waals surface area contributed by atoms with E-state index in [0.717, 1.165) is 12.5 Å². The maximum atomic E-state index is 6.19. The van der Waals surface area contributed by atoms with Crippen LogP contribution in [0.3, 0.4) is 0 Å². The normalized spacial score (nSPS) is 29.7. The first kappa shape index (κ1) is 14.3. The molecule has 0 aromatic heterocycles. The maximum absolute atomic E-state index is 6.19. The summed E-state index contributed by atoms with van der Waals surface area (Å²) in [6.45, 7) is 12.6. The highest BCUT2D eigenvalue weighted by atomic mass is 15.3. The first-order chi connectivity index (χ1) is 8.61. The first-order valence-electron chi connectivity index (χ1n) is 7.80. The SMILES string of the molecule is CCCN(CC1CC1)C1(CN)CCN(C(C)C)C1. The quantitative estimate of drug-likeness (QED) is 0.752. The van der Waals surface area contributed by atoms with E-state index < -0.39 is 0 Å². The second-order valence-corrected chi connectivity index (χ2v) is 6.63.